The Bertz CT molecular complexity index is 591. The van der Waals surface area contributed by atoms with E-state index in [1.54, 1.807) is 0 Å². The molecular weight excluding hydrogens is 198 g/mol. The molecule has 2 aromatic rings. The number of anilines is 2. The van der Waals surface area contributed by atoms with E-state index >= 15 is 0 Å². The molecule has 0 saturated heterocycles. The number of aryl methyl sites for hydroxylation is 1. The summed E-state index contributed by atoms with van der Waals surface area (Å²) in [7, 11) is 0. The molecule has 0 spiro atoms. The zero-order chi connectivity index (χ0) is 10.7. The molecule has 2 aliphatic heterocycles. The van der Waals surface area contributed by atoms with Gasteiger partial charge in [-0.3, -0.25) is 4.84 Å². The second kappa shape index (κ2) is 2.66. The second-order valence-electron chi connectivity index (χ2n) is 4.35. The van der Waals surface area contributed by atoms with Crippen molar-refractivity contribution in [3.8, 4) is 0 Å². The van der Waals surface area contributed by atoms with Crippen molar-refractivity contribution in [3.63, 3.8) is 0 Å². The van der Waals surface area contributed by atoms with Crippen molar-refractivity contribution in [3.05, 3.63) is 59.2 Å². The highest BCUT2D eigenvalue weighted by Gasteiger charge is 2.41. The molecule has 0 saturated carbocycles. The first kappa shape index (κ1) is 8.36. The highest BCUT2D eigenvalue weighted by molar-refractivity contribution is 5.79. The first-order valence-corrected chi connectivity index (χ1v) is 5.51. The number of para-hydroxylation sites is 2. The van der Waals surface area contributed by atoms with Crippen LogP contribution in [0.5, 0.6) is 0 Å². The summed E-state index contributed by atoms with van der Waals surface area (Å²) in [5.41, 5.74) is 6.26. The van der Waals surface area contributed by atoms with Crippen molar-refractivity contribution in [1.29, 1.82) is 0 Å². The lowest BCUT2D eigenvalue weighted by Crippen LogP contribution is -2.08. The molecule has 16 heavy (non-hydrogen) atoms. The van der Waals surface area contributed by atoms with Gasteiger partial charge in [0.15, 0.2) is 0 Å². The van der Waals surface area contributed by atoms with Gasteiger partial charge in [-0.15, -0.1) is 0 Å². The van der Waals surface area contributed by atoms with Crippen LogP contribution in [0.2, 0.25) is 0 Å². The lowest BCUT2D eigenvalue weighted by molar-refractivity contribution is 0.127. The predicted octanol–water partition coefficient (Wildman–Crippen LogP) is 3.48. The molecule has 2 heterocycles. The fourth-order valence-electron chi connectivity index (χ4n) is 2.68. The number of benzene rings is 2. The minimum Gasteiger partial charge on any atom is -0.255 e. The van der Waals surface area contributed by atoms with Crippen molar-refractivity contribution in [2.24, 2.45) is 0 Å². The Kier molecular flexibility index (Phi) is 1.39. The highest BCUT2D eigenvalue weighted by atomic mass is 16.7. The van der Waals surface area contributed by atoms with E-state index in [0.29, 0.717) is 0 Å². The first-order valence-electron chi connectivity index (χ1n) is 5.51. The summed E-state index contributed by atoms with van der Waals surface area (Å²) in [6, 6.07) is 14.8. The normalized spacial score (nSPS) is 19.8. The van der Waals surface area contributed by atoms with Crippen molar-refractivity contribution in [2.75, 3.05) is 5.06 Å². The largest absolute Gasteiger partial charge is 0.255 e. The Balaban J connectivity index is 2.03. The minimum absolute atomic E-state index is 0.103. The summed E-state index contributed by atoms with van der Waals surface area (Å²) in [6.45, 7) is 2.13. The maximum atomic E-state index is 5.93. The van der Waals surface area contributed by atoms with E-state index in [-0.39, 0.29) is 6.10 Å². The van der Waals surface area contributed by atoms with Gasteiger partial charge in [-0.1, -0.05) is 36.4 Å². The molecule has 2 bridgehead atoms. The molecule has 0 aromatic heterocycles. The van der Waals surface area contributed by atoms with Gasteiger partial charge in [0.2, 0.25) is 0 Å². The number of fused-ring (bicyclic) bond motifs is 8. The van der Waals surface area contributed by atoms with E-state index in [2.05, 4.69) is 49.4 Å². The molecule has 0 N–H and O–H groups in total. The first-order chi connectivity index (χ1) is 7.86. The molecule has 2 nitrogen and oxygen atoms in total. The van der Waals surface area contributed by atoms with Crippen LogP contribution in [0.25, 0.3) is 0 Å². The van der Waals surface area contributed by atoms with Gasteiger partial charge in [0, 0.05) is 11.1 Å². The summed E-state index contributed by atoms with van der Waals surface area (Å²) in [6.07, 6.45) is 0.103. The maximum Gasteiger partial charge on any atom is 0.140 e. The Morgan fingerprint density at radius 3 is 2.75 bits per heavy atom. The van der Waals surface area contributed by atoms with E-state index in [9.17, 15) is 0 Å². The summed E-state index contributed by atoms with van der Waals surface area (Å²) >= 11 is 0. The average molecular weight is 209 g/mol. The van der Waals surface area contributed by atoms with Gasteiger partial charge < -0.3 is 0 Å². The SMILES string of the molecule is Cc1cccc2c1N1OC2c2ccccc21. The van der Waals surface area contributed by atoms with Crippen LogP contribution in [0.15, 0.2) is 42.5 Å². The molecule has 0 radical (unpaired) electrons. The summed E-state index contributed by atoms with van der Waals surface area (Å²) in [5, 5.41) is 1.98. The molecule has 1 atom stereocenters. The van der Waals surface area contributed by atoms with Crippen LogP contribution < -0.4 is 5.06 Å². The molecular formula is C14H11NO. The fourth-order valence-corrected chi connectivity index (χ4v) is 2.68. The van der Waals surface area contributed by atoms with E-state index in [1.165, 1.54) is 28.1 Å². The molecule has 0 fully saturated rings. The predicted molar refractivity (Wildman–Crippen MR) is 62.7 cm³/mol. The van der Waals surface area contributed by atoms with Crippen LogP contribution in [0.3, 0.4) is 0 Å². The van der Waals surface area contributed by atoms with E-state index < -0.39 is 0 Å². The van der Waals surface area contributed by atoms with E-state index in [1.807, 2.05) is 5.06 Å². The zero-order valence-corrected chi connectivity index (χ0v) is 8.97. The average Bonchev–Trinajstić information content (AvgIpc) is 2.86. The van der Waals surface area contributed by atoms with Gasteiger partial charge >= 0.3 is 0 Å². The van der Waals surface area contributed by atoms with Crippen molar-refractivity contribution in [1.82, 2.24) is 0 Å². The number of rotatable bonds is 0. The number of hydrogen-bond donors (Lipinski definition) is 0. The quantitative estimate of drug-likeness (QED) is 0.658. The maximum absolute atomic E-state index is 5.93. The molecule has 4 rings (SSSR count). The molecule has 1 unspecified atom stereocenters. The van der Waals surface area contributed by atoms with Crippen molar-refractivity contribution < 1.29 is 4.84 Å². The van der Waals surface area contributed by atoms with Crippen LogP contribution in [0, 0.1) is 6.92 Å². The van der Waals surface area contributed by atoms with Crippen LogP contribution in [-0.4, -0.2) is 0 Å². The number of hydrogen-bond acceptors (Lipinski definition) is 2. The molecule has 0 amide bonds. The lowest BCUT2D eigenvalue weighted by Gasteiger charge is -2.19. The van der Waals surface area contributed by atoms with Crippen LogP contribution in [0.1, 0.15) is 22.8 Å². The molecule has 2 heteroatoms. The zero-order valence-electron chi connectivity index (χ0n) is 8.97. The Hall–Kier alpha value is -1.80. The molecule has 2 aliphatic rings. The van der Waals surface area contributed by atoms with Gasteiger partial charge in [-0.2, -0.15) is 0 Å². The van der Waals surface area contributed by atoms with Crippen molar-refractivity contribution >= 4 is 11.4 Å². The second-order valence-corrected chi connectivity index (χ2v) is 4.35. The van der Waals surface area contributed by atoms with Gasteiger partial charge in [-0.05, 0) is 18.6 Å². The van der Waals surface area contributed by atoms with Crippen LogP contribution in [0.4, 0.5) is 11.4 Å². The van der Waals surface area contributed by atoms with Crippen LogP contribution >= 0.6 is 0 Å². The minimum atomic E-state index is 0.103. The van der Waals surface area contributed by atoms with Gasteiger partial charge in [-0.25, -0.2) is 5.06 Å². The topological polar surface area (TPSA) is 12.5 Å². The Morgan fingerprint density at radius 2 is 1.81 bits per heavy atom. The number of nitrogens with zero attached hydrogens (tertiary/aromatic N) is 1. The van der Waals surface area contributed by atoms with E-state index in [4.69, 9.17) is 4.84 Å². The third-order valence-corrected chi connectivity index (χ3v) is 3.40. The van der Waals surface area contributed by atoms with Crippen LogP contribution in [-0.2, 0) is 4.84 Å². The Morgan fingerprint density at radius 1 is 1.00 bits per heavy atom. The molecule has 78 valence electrons. The molecule has 2 aromatic carbocycles. The standard InChI is InChI=1S/C14H11NO/c1-9-5-4-7-11-13(9)15-12-8-3-2-6-10(12)14(11)16-15/h2-8,14H,1H3. The highest BCUT2D eigenvalue weighted by Crippen LogP contribution is 2.54. The third kappa shape index (κ3) is 0.820. The van der Waals surface area contributed by atoms with Crippen molar-refractivity contribution in [2.45, 2.75) is 13.0 Å². The Labute approximate surface area is 94.0 Å². The summed E-state index contributed by atoms with van der Waals surface area (Å²) in [4.78, 5) is 5.93. The lowest BCUT2D eigenvalue weighted by atomic mass is 9.94. The summed E-state index contributed by atoms with van der Waals surface area (Å²) < 4.78 is 0. The summed E-state index contributed by atoms with van der Waals surface area (Å²) in [5.74, 6) is 0. The fraction of sp³-hybridized carbons (Fsp3) is 0.143. The van der Waals surface area contributed by atoms with E-state index in [0.717, 1.165) is 0 Å². The third-order valence-electron chi connectivity index (χ3n) is 3.40. The molecule has 0 aliphatic carbocycles. The van der Waals surface area contributed by atoms with Gasteiger partial charge in [0.25, 0.3) is 0 Å². The monoisotopic (exact) mass is 209 g/mol. The van der Waals surface area contributed by atoms with Gasteiger partial charge in [0.1, 0.15) is 6.10 Å². The smallest absolute Gasteiger partial charge is 0.140 e. The van der Waals surface area contributed by atoms with Gasteiger partial charge in [0.05, 0.1) is 11.4 Å².